The molecule has 3 aromatic carbocycles. The molecule has 1 aliphatic rings. The van der Waals surface area contributed by atoms with Crippen LogP contribution < -0.4 is 5.32 Å². The lowest BCUT2D eigenvalue weighted by molar-refractivity contribution is 0.102. The van der Waals surface area contributed by atoms with Gasteiger partial charge in [-0.3, -0.25) is 4.79 Å². The summed E-state index contributed by atoms with van der Waals surface area (Å²) >= 11 is 8.04. The topological polar surface area (TPSA) is 66.5 Å². The summed E-state index contributed by atoms with van der Waals surface area (Å²) in [7, 11) is -3.66. The molecule has 0 radical (unpaired) electrons. The molecule has 178 valence electrons. The average molecular weight is 515 g/mol. The lowest BCUT2D eigenvalue weighted by atomic mass is 10.1. The number of carbonyl (C=O) groups is 1. The zero-order valence-corrected chi connectivity index (χ0v) is 21.3. The number of nitrogens with one attached hydrogen (secondary N) is 1. The largest absolute Gasteiger partial charge is 0.322 e. The van der Waals surface area contributed by atoms with Gasteiger partial charge < -0.3 is 5.32 Å². The van der Waals surface area contributed by atoms with Crippen molar-refractivity contribution >= 4 is 45.0 Å². The number of piperidine rings is 1. The van der Waals surface area contributed by atoms with Crippen molar-refractivity contribution in [3.8, 4) is 0 Å². The van der Waals surface area contributed by atoms with Gasteiger partial charge in [-0.1, -0.05) is 48.4 Å². The number of benzene rings is 3. The monoisotopic (exact) mass is 514 g/mol. The lowest BCUT2D eigenvalue weighted by Gasteiger charge is -2.26. The minimum atomic E-state index is -3.66. The van der Waals surface area contributed by atoms with E-state index in [1.54, 1.807) is 11.8 Å². The molecule has 3 aromatic rings. The molecule has 1 fully saturated rings. The van der Waals surface area contributed by atoms with E-state index < -0.39 is 15.9 Å². The van der Waals surface area contributed by atoms with Crippen molar-refractivity contribution in [1.82, 2.24) is 4.31 Å². The first-order valence-corrected chi connectivity index (χ1v) is 14.0. The third kappa shape index (κ3) is 5.84. The van der Waals surface area contributed by atoms with Crippen molar-refractivity contribution in [1.29, 1.82) is 0 Å². The average Bonchev–Trinajstić information content (AvgIpc) is 2.85. The molecule has 1 N–H and O–H groups in total. The highest BCUT2D eigenvalue weighted by molar-refractivity contribution is 7.98. The van der Waals surface area contributed by atoms with E-state index in [-0.39, 0.29) is 15.5 Å². The molecule has 8 heteroatoms. The van der Waals surface area contributed by atoms with E-state index in [4.69, 9.17) is 11.6 Å². The van der Waals surface area contributed by atoms with E-state index in [1.165, 1.54) is 27.4 Å². The predicted molar refractivity (Wildman–Crippen MR) is 139 cm³/mol. The zero-order valence-electron chi connectivity index (χ0n) is 19.0. The zero-order chi connectivity index (χ0) is 24.1. The summed E-state index contributed by atoms with van der Waals surface area (Å²) in [6.07, 6.45) is 2.72. The number of carbonyl (C=O) groups excluding carboxylic acids is 1. The maximum Gasteiger partial charge on any atom is 0.257 e. The number of nitrogens with zero attached hydrogens (tertiary/aromatic N) is 1. The van der Waals surface area contributed by atoms with Crippen LogP contribution in [-0.4, -0.2) is 31.7 Å². The molecule has 1 saturated heterocycles. The molecule has 0 bridgehead atoms. The number of aryl methyl sites for hydroxylation is 1. The highest BCUT2D eigenvalue weighted by atomic mass is 35.5. The first kappa shape index (κ1) is 24.8. The van der Waals surface area contributed by atoms with Crippen LogP contribution in [0, 0.1) is 6.92 Å². The molecule has 4 rings (SSSR count). The van der Waals surface area contributed by atoms with Gasteiger partial charge in [0.15, 0.2) is 0 Å². The first-order chi connectivity index (χ1) is 16.3. The summed E-state index contributed by atoms with van der Waals surface area (Å²) in [5, 5.41) is 3.10. The normalized spacial score (nSPS) is 14.6. The van der Waals surface area contributed by atoms with Gasteiger partial charge >= 0.3 is 0 Å². The molecule has 1 heterocycles. The Morgan fingerprint density at radius 3 is 2.44 bits per heavy atom. The first-order valence-electron chi connectivity index (χ1n) is 11.2. The van der Waals surface area contributed by atoms with Gasteiger partial charge in [0, 0.05) is 29.4 Å². The molecule has 0 unspecified atom stereocenters. The van der Waals surface area contributed by atoms with Gasteiger partial charge in [-0.15, -0.1) is 11.8 Å². The summed E-state index contributed by atoms with van der Waals surface area (Å²) in [5.41, 5.74) is 2.88. The fraction of sp³-hybridized carbons (Fsp3) is 0.269. The van der Waals surface area contributed by atoms with Crippen LogP contribution in [0.5, 0.6) is 0 Å². The summed E-state index contributed by atoms with van der Waals surface area (Å²) < 4.78 is 27.6. The molecule has 0 aromatic heterocycles. The number of hydrogen-bond donors (Lipinski definition) is 1. The third-order valence-corrected chi connectivity index (χ3v) is 9.13. The molecule has 0 spiro atoms. The standard InChI is InChI=1S/C26H27ClN2O3S2/c1-19-16-20(18-33-21-8-4-2-5-9-21)10-13-25(19)28-26(30)23-17-22(11-12-24(23)27)34(31,32)29-14-6-3-7-15-29/h2,4-5,8-13,16-17H,3,6-7,14-15,18H2,1H3,(H,28,30). The van der Waals surface area contributed by atoms with Crippen LogP contribution in [0.2, 0.25) is 5.02 Å². The van der Waals surface area contributed by atoms with Crippen LogP contribution >= 0.6 is 23.4 Å². The Kier molecular flexibility index (Phi) is 7.99. The molecule has 5 nitrogen and oxygen atoms in total. The Bertz CT molecular complexity index is 1270. The van der Waals surface area contributed by atoms with Crippen molar-refractivity contribution < 1.29 is 13.2 Å². The summed E-state index contributed by atoms with van der Waals surface area (Å²) in [4.78, 5) is 14.3. The van der Waals surface area contributed by atoms with Crippen LogP contribution in [0.1, 0.15) is 40.7 Å². The Labute approximate surface area is 210 Å². The Morgan fingerprint density at radius 1 is 1.00 bits per heavy atom. The number of sulfonamides is 1. The molecular formula is C26H27ClN2O3S2. The van der Waals surface area contributed by atoms with Gasteiger partial charge in [0.05, 0.1) is 15.5 Å². The maximum absolute atomic E-state index is 13.0. The highest BCUT2D eigenvalue weighted by Crippen LogP contribution is 2.28. The lowest BCUT2D eigenvalue weighted by Crippen LogP contribution is -2.35. The SMILES string of the molecule is Cc1cc(CSc2ccccc2)ccc1NC(=O)c1cc(S(=O)(=O)N2CCCCC2)ccc1Cl. The van der Waals surface area contributed by atoms with E-state index >= 15 is 0 Å². The van der Waals surface area contributed by atoms with Crippen molar-refractivity contribution in [2.45, 2.75) is 41.7 Å². The quantitative estimate of drug-likeness (QED) is 0.372. The van der Waals surface area contributed by atoms with Gasteiger partial charge in [0.2, 0.25) is 10.0 Å². The van der Waals surface area contributed by atoms with Gasteiger partial charge in [-0.2, -0.15) is 4.31 Å². The number of hydrogen-bond acceptors (Lipinski definition) is 4. The fourth-order valence-corrected chi connectivity index (χ4v) is 6.53. The Morgan fingerprint density at radius 2 is 1.74 bits per heavy atom. The van der Waals surface area contributed by atoms with Crippen molar-refractivity contribution in [2.24, 2.45) is 0 Å². The molecule has 0 aliphatic carbocycles. The molecular weight excluding hydrogens is 488 g/mol. The van der Waals surface area contributed by atoms with Gasteiger partial charge in [0.1, 0.15) is 0 Å². The van der Waals surface area contributed by atoms with Crippen molar-refractivity contribution in [3.63, 3.8) is 0 Å². The summed E-state index contributed by atoms with van der Waals surface area (Å²) in [5.74, 6) is 0.386. The van der Waals surface area contributed by atoms with Crippen LogP contribution in [0.4, 0.5) is 5.69 Å². The number of amides is 1. The maximum atomic E-state index is 13.0. The van der Waals surface area contributed by atoms with Gasteiger partial charge in [-0.05, 0) is 67.3 Å². The van der Waals surface area contributed by atoms with Crippen molar-refractivity contribution in [2.75, 3.05) is 18.4 Å². The number of thioether (sulfide) groups is 1. The van der Waals surface area contributed by atoms with E-state index in [9.17, 15) is 13.2 Å². The minimum Gasteiger partial charge on any atom is -0.322 e. The Balaban J connectivity index is 1.48. The third-order valence-electron chi connectivity index (χ3n) is 5.82. The number of halogens is 1. The molecule has 0 saturated carbocycles. The molecule has 1 aliphatic heterocycles. The second-order valence-corrected chi connectivity index (χ2v) is 11.7. The number of anilines is 1. The minimum absolute atomic E-state index is 0.0916. The van der Waals surface area contributed by atoms with Crippen LogP contribution in [0.3, 0.4) is 0 Å². The van der Waals surface area contributed by atoms with Crippen molar-refractivity contribution in [3.05, 3.63) is 88.4 Å². The fourth-order valence-electron chi connectivity index (χ4n) is 3.92. The molecule has 34 heavy (non-hydrogen) atoms. The van der Waals surface area contributed by atoms with E-state index in [0.717, 1.165) is 36.1 Å². The molecule has 0 atom stereocenters. The van der Waals surface area contributed by atoms with E-state index in [2.05, 4.69) is 17.4 Å². The van der Waals surface area contributed by atoms with Gasteiger partial charge in [0.25, 0.3) is 5.91 Å². The summed E-state index contributed by atoms with van der Waals surface area (Å²) in [6, 6.07) is 20.4. The second-order valence-electron chi connectivity index (χ2n) is 8.31. The number of rotatable bonds is 7. The molecule has 1 amide bonds. The second kappa shape index (κ2) is 11.0. The van der Waals surface area contributed by atoms with Crippen LogP contribution in [-0.2, 0) is 15.8 Å². The Hall–Kier alpha value is -2.32. The van der Waals surface area contributed by atoms with E-state index in [0.29, 0.717) is 18.8 Å². The van der Waals surface area contributed by atoms with Crippen LogP contribution in [0.25, 0.3) is 0 Å². The smallest absolute Gasteiger partial charge is 0.257 e. The highest BCUT2D eigenvalue weighted by Gasteiger charge is 2.27. The van der Waals surface area contributed by atoms with E-state index in [1.807, 2.05) is 43.3 Å². The van der Waals surface area contributed by atoms with Crippen LogP contribution in [0.15, 0.2) is 76.5 Å². The summed E-state index contributed by atoms with van der Waals surface area (Å²) in [6.45, 7) is 2.94. The predicted octanol–water partition coefficient (Wildman–Crippen LogP) is 6.37. The van der Waals surface area contributed by atoms with Gasteiger partial charge in [-0.25, -0.2) is 8.42 Å².